The zero-order valence-corrected chi connectivity index (χ0v) is 52.0. The highest BCUT2D eigenvalue weighted by molar-refractivity contribution is 4.94. The molecule has 0 radical (unpaired) electrons. The third-order valence-corrected chi connectivity index (χ3v) is 17.2. The van der Waals surface area contributed by atoms with Crippen LogP contribution < -0.4 is 0 Å². The van der Waals surface area contributed by atoms with Gasteiger partial charge in [-0.15, -0.1) is 0 Å². The van der Waals surface area contributed by atoms with Gasteiger partial charge in [0.05, 0.1) is 12.7 Å². The summed E-state index contributed by atoms with van der Waals surface area (Å²) in [6, 6.07) is 0. The highest BCUT2D eigenvalue weighted by Gasteiger charge is 2.41. The van der Waals surface area contributed by atoms with E-state index >= 15 is 0 Å². The standard InChI is InChI=1S/C14H28.C13H27N.C12H25NO.C12H25N.C11H23N/c1-13(2,3)11-8-7-9-12(10-11)14(4,5)6;1-12(2,3)11-7-9-14(10-8-11)13(4,5)6;1-11(2,3)10-9-13(7-8-14-10)12(4,5)6;1-11(2,3)10-7-8-13(9-10)12(4,5)6;1-10(2,3)9-7-12(8-9)11(4,5)6/h11-12H,7-10H2,1-6H3;11H,7-10H2,1-6H3;10H,7-9H2,1-6H3;10H,7-9H2,1-6H3;9H,7-8H2,1-6H3. The molecule has 67 heavy (non-hydrogen) atoms. The van der Waals surface area contributed by atoms with Crippen LogP contribution in [0, 0.1) is 62.1 Å². The van der Waals surface area contributed by atoms with Gasteiger partial charge in [-0.05, 0) is 203 Å². The molecule has 1 aliphatic carbocycles. The topological polar surface area (TPSA) is 22.2 Å². The zero-order chi connectivity index (χ0) is 52.8. The molecule has 0 aromatic rings. The molecular weight excluding hydrogens is 817 g/mol. The van der Waals surface area contributed by atoms with E-state index in [0.717, 1.165) is 49.3 Å². The summed E-state index contributed by atoms with van der Waals surface area (Å²) in [5.74, 6) is 4.59. The molecule has 4 unspecified atom stereocenters. The molecule has 0 N–H and O–H groups in total. The van der Waals surface area contributed by atoms with Crippen LogP contribution in [-0.4, -0.2) is 107 Å². The van der Waals surface area contributed by atoms with Crippen molar-refractivity contribution in [3.8, 4) is 0 Å². The second kappa shape index (κ2) is 24.2. The van der Waals surface area contributed by atoms with Crippen molar-refractivity contribution in [3.05, 3.63) is 0 Å². The molecule has 4 saturated heterocycles. The molecule has 5 heteroatoms. The fraction of sp³-hybridized carbons (Fsp3) is 1.00. The maximum atomic E-state index is 5.83. The largest absolute Gasteiger partial charge is 0.375 e. The minimum absolute atomic E-state index is 0.254. The van der Waals surface area contributed by atoms with Crippen molar-refractivity contribution in [3.63, 3.8) is 0 Å². The van der Waals surface area contributed by atoms with Crippen molar-refractivity contribution in [1.29, 1.82) is 0 Å². The summed E-state index contributed by atoms with van der Waals surface area (Å²) < 4.78 is 5.83. The van der Waals surface area contributed by atoms with Gasteiger partial charge in [0.2, 0.25) is 0 Å². The SMILES string of the molecule is CC(C)(C)C1CCCC(C(C)(C)C)C1.CC(C)(C)C1CCN(C(C)(C)C)C1.CC(C)(C)C1CCN(C(C)(C)C)CC1.CC(C)(C)C1CN(C(C)(C)C)C1.CC(C)(C)C1CN(C(C)(C)C)CCO1. The normalized spacial score (nSPS) is 25.9. The van der Waals surface area contributed by atoms with Crippen molar-refractivity contribution < 1.29 is 4.74 Å². The number of nitrogens with zero attached hydrogens (tertiary/aromatic N) is 4. The lowest BCUT2D eigenvalue weighted by Crippen LogP contribution is -2.59. The van der Waals surface area contributed by atoms with Crippen LogP contribution in [0.3, 0.4) is 0 Å². The van der Waals surface area contributed by atoms with E-state index in [9.17, 15) is 0 Å². The molecular formula is C62H128N4O. The summed E-state index contributed by atoms with van der Waals surface area (Å²) in [5.41, 5.74) is 4.15. The summed E-state index contributed by atoms with van der Waals surface area (Å²) in [7, 11) is 0. The minimum atomic E-state index is 0.254. The Bertz CT molecular complexity index is 1220. The van der Waals surface area contributed by atoms with Gasteiger partial charge in [-0.1, -0.05) is 131 Å². The molecule has 5 fully saturated rings. The Morgan fingerprint density at radius 2 is 0.597 bits per heavy atom. The summed E-state index contributed by atoms with van der Waals surface area (Å²) >= 11 is 0. The van der Waals surface area contributed by atoms with E-state index < -0.39 is 0 Å². The molecule has 5 nitrogen and oxygen atoms in total. The van der Waals surface area contributed by atoms with Crippen LogP contribution in [0.4, 0.5) is 0 Å². The van der Waals surface area contributed by atoms with Crippen molar-refractivity contribution in [2.75, 3.05) is 59.0 Å². The quantitative estimate of drug-likeness (QED) is 0.241. The summed E-state index contributed by atoms with van der Waals surface area (Å²) in [6.45, 7) is 80.8. The van der Waals surface area contributed by atoms with Crippen LogP contribution in [0.5, 0.6) is 0 Å². The van der Waals surface area contributed by atoms with Gasteiger partial charge in [0, 0.05) is 54.9 Å². The van der Waals surface area contributed by atoms with E-state index in [1.165, 1.54) is 84.2 Å². The van der Waals surface area contributed by atoms with E-state index in [4.69, 9.17) is 4.74 Å². The first kappa shape index (κ1) is 64.8. The van der Waals surface area contributed by atoms with Crippen LogP contribution in [0.2, 0.25) is 0 Å². The van der Waals surface area contributed by atoms with Gasteiger partial charge >= 0.3 is 0 Å². The predicted octanol–water partition coefficient (Wildman–Crippen LogP) is 16.9. The van der Waals surface area contributed by atoms with Crippen molar-refractivity contribution in [2.45, 2.75) is 281 Å². The number of rotatable bonds is 0. The number of likely N-dealkylation sites (tertiary alicyclic amines) is 3. The second-order valence-corrected chi connectivity index (χ2v) is 33.0. The van der Waals surface area contributed by atoms with Crippen LogP contribution in [-0.2, 0) is 4.74 Å². The second-order valence-electron chi connectivity index (χ2n) is 33.0. The third kappa shape index (κ3) is 23.5. The van der Waals surface area contributed by atoms with Crippen LogP contribution in [0.1, 0.15) is 253 Å². The molecule has 1 saturated carbocycles. The third-order valence-electron chi connectivity index (χ3n) is 17.2. The maximum absolute atomic E-state index is 5.83. The van der Waals surface area contributed by atoms with Gasteiger partial charge in [0.15, 0.2) is 0 Å². The maximum Gasteiger partial charge on any atom is 0.0750 e. The Hall–Kier alpha value is -0.200. The van der Waals surface area contributed by atoms with Crippen LogP contribution in [0.25, 0.3) is 0 Å². The van der Waals surface area contributed by atoms with E-state index in [-0.39, 0.29) is 11.0 Å². The highest BCUT2D eigenvalue weighted by atomic mass is 16.5. The molecule has 4 aliphatic heterocycles. The van der Waals surface area contributed by atoms with E-state index in [1.807, 2.05) is 0 Å². The van der Waals surface area contributed by atoms with Gasteiger partial charge in [0.25, 0.3) is 0 Å². The number of piperidine rings is 1. The highest BCUT2D eigenvalue weighted by Crippen LogP contribution is 2.46. The first-order valence-corrected chi connectivity index (χ1v) is 28.2. The fourth-order valence-electron chi connectivity index (χ4n) is 10.6. The van der Waals surface area contributed by atoms with Crippen LogP contribution >= 0.6 is 0 Å². The van der Waals surface area contributed by atoms with E-state index in [1.54, 1.807) is 0 Å². The molecule has 0 aromatic carbocycles. The van der Waals surface area contributed by atoms with Crippen molar-refractivity contribution >= 4 is 0 Å². The van der Waals surface area contributed by atoms with Gasteiger partial charge in [-0.3, -0.25) is 19.6 Å². The Balaban J connectivity index is 0.000000419. The Morgan fingerprint density at radius 1 is 0.284 bits per heavy atom. The van der Waals surface area contributed by atoms with Gasteiger partial charge in [-0.2, -0.15) is 0 Å². The number of hydrogen-bond donors (Lipinski definition) is 0. The number of ether oxygens (including phenoxy) is 1. The Labute approximate surface area is 424 Å². The lowest BCUT2D eigenvalue weighted by Gasteiger charge is -2.52. The van der Waals surface area contributed by atoms with E-state index in [0.29, 0.717) is 49.8 Å². The Morgan fingerprint density at radius 3 is 0.896 bits per heavy atom. The molecule has 4 atom stereocenters. The summed E-state index contributed by atoms with van der Waals surface area (Å²) in [4.78, 5) is 10.3. The molecule has 0 spiro atoms. The zero-order valence-electron chi connectivity index (χ0n) is 52.0. The summed E-state index contributed by atoms with van der Waals surface area (Å²) in [5, 5.41) is 0. The van der Waals surface area contributed by atoms with Crippen LogP contribution in [0.15, 0.2) is 0 Å². The minimum Gasteiger partial charge on any atom is -0.375 e. The van der Waals surface area contributed by atoms with Gasteiger partial charge in [-0.25, -0.2) is 0 Å². The van der Waals surface area contributed by atoms with Gasteiger partial charge < -0.3 is 4.74 Å². The smallest absolute Gasteiger partial charge is 0.0750 e. The Kier molecular flexibility index (Phi) is 23.4. The lowest BCUT2D eigenvalue weighted by atomic mass is 9.63. The number of morpholine rings is 1. The average Bonchev–Trinajstić information content (AvgIpc) is 3.62. The van der Waals surface area contributed by atoms with Crippen molar-refractivity contribution in [2.24, 2.45) is 62.1 Å². The molecule has 402 valence electrons. The molecule has 0 aromatic heterocycles. The lowest BCUT2D eigenvalue weighted by molar-refractivity contribution is -0.100. The molecule has 5 aliphatic rings. The molecule has 0 amide bonds. The summed E-state index contributed by atoms with van der Waals surface area (Å²) in [6.07, 6.45) is 10.3. The first-order chi connectivity index (χ1) is 29.6. The van der Waals surface area contributed by atoms with Crippen molar-refractivity contribution in [1.82, 2.24) is 19.6 Å². The molecule has 0 bridgehead atoms. The monoisotopic (exact) mass is 945 g/mol. The van der Waals surface area contributed by atoms with E-state index in [2.05, 4.69) is 227 Å². The average molecular weight is 946 g/mol. The van der Waals surface area contributed by atoms with Gasteiger partial charge in [0.1, 0.15) is 0 Å². The first-order valence-electron chi connectivity index (χ1n) is 28.2. The number of hydrogen-bond acceptors (Lipinski definition) is 5. The fourth-order valence-corrected chi connectivity index (χ4v) is 10.6. The predicted molar refractivity (Wildman–Crippen MR) is 302 cm³/mol. The molecule has 5 rings (SSSR count). The molecule has 4 heterocycles.